The fourth-order valence-electron chi connectivity index (χ4n) is 0.534. The molecule has 0 heterocycles. The Morgan fingerprint density at radius 3 is 1.75 bits per heavy atom. The predicted octanol–water partition coefficient (Wildman–Crippen LogP) is 0.902. The van der Waals surface area contributed by atoms with Crippen LogP contribution >= 0.6 is 12.4 Å². The Hall–Kier alpha value is 0.107. The summed E-state index contributed by atoms with van der Waals surface area (Å²) >= 11 is 2.08. The van der Waals surface area contributed by atoms with Crippen LogP contribution in [0.4, 0.5) is 0 Å². The maximum absolute atomic E-state index is 2.08. The molecule has 1 aromatic carbocycles. The minimum absolute atomic E-state index is 0. The summed E-state index contributed by atoms with van der Waals surface area (Å²) in [5.41, 5.74) is 0. The summed E-state index contributed by atoms with van der Waals surface area (Å²) in [6, 6.07) is 10.3. The molecule has 2 heteroatoms. The molecular formula is C6H6ClLi. The van der Waals surface area contributed by atoms with Gasteiger partial charge in [0, 0.05) is 0 Å². The van der Waals surface area contributed by atoms with Crippen molar-refractivity contribution in [3.05, 3.63) is 30.3 Å². The molecule has 0 aliphatic carbocycles. The third-order valence-electron chi connectivity index (χ3n) is 0.940. The summed E-state index contributed by atoms with van der Waals surface area (Å²) in [5.74, 6) is 0. The van der Waals surface area contributed by atoms with Crippen LogP contribution in [0, 0.1) is 0 Å². The van der Waals surface area contributed by atoms with Gasteiger partial charge in [-0.1, -0.05) is 0 Å². The minimum atomic E-state index is 0. The predicted molar refractivity (Wildman–Crippen MR) is 39.1 cm³/mol. The van der Waals surface area contributed by atoms with Crippen molar-refractivity contribution < 1.29 is 0 Å². The Morgan fingerprint density at radius 1 is 1.00 bits per heavy atom. The summed E-state index contributed by atoms with van der Waals surface area (Å²) in [6.45, 7) is 0. The summed E-state index contributed by atoms with van der Waals surface area (Å²) in [7, 11) is 0. The molecule has 0 saturated carbocycles. The summed E-state index contributed by atoms with van der Waals surface area (Å²) in [4.78, 5) is 0. The summed E-state index contributed by atoms with van der Waals surface area (Å²) < 4.78 is 1.32. The molecule has 0 fully saturated rings. The van der Waals surface area contributed by atoms with Crippen LogP contribution in [0.5, 0.6) is 0 Å². The van der Waals surface area contributed by atoms with E-state index in [-0.39, 0.29) is 12.4 Å². The van der Waals surface area contributed by atoms with Gasteiger partial charge in [-0.2, -0.15) is 0 Å². The van der Waals surface area contributed by atoms with Gasteiger partial charge in [-0.05, 0) is 0 Å². The average Bonchev–Trinajstić information content (AvgIpc) is 1.69. The van der Waals surface area contributed by atoms with Crippen LogP contribution in [0.2, 0.25) is 0 Å². The van der Waals surface area contributed by atoms with Crippen molar-refractivity contribution in [2.24, 2.45) is 0 Å². The SMILES string of the molecule is Cl.[Li][c]1ccccc1. The van der Waals surface area contributed by atoms with E-state index in [0.29, 0.717) is 0 Å². The van der Waals surface area contributed by atoms with Crippen molar-refractivity contribution in [1.82, 2.24) is 0 Å². The number of benzene rings is 1. The fraction of sp³-hybridized carbons (Fsp3) is 0. The molecule has 0 saturated heterocycles. The zero-order chi connectivity index (χ0) is 5.11. The Morgan fingerprint density at radius 2 is 1.50 bits per heavy atom. The van der Waals surface area contributed by atoms with E-state index in [2.05, 4.69) is 29.8 Å². The molecule has 1 aromatic rings. The van der Waals surface area contributed by atoms with Gasteiger partial charge in [-0.3, -0.25) is 0 Å². The first-order valence-corrected chi connectivity index (χ1v) is 2.41. The van der Waals surface area contributed by atoms with Gasteiger partial charge in [0.05, 0.1) is 0 Å². The molecule has 0 nitrogen and oxygen atoms in total. The number of halogens is 1. The van der Waals surface area contributed by atoms with E-state index in [1.165, 1.54) is 4.24 Å². The Kier molecular flexibility index (Phi) is 4.09. The molecule has 0 aromatic heterocycles. The Bertz CT molecular complexity index is 138. The molecule has 0 amide bonds. The van der Waals surface area contributed by atoms with Crippen molar-refractivity contribution in [2.45, 2.75) is 0 Å². The van der Waals surface area contributed by atoms with Crippen LogP contribution in [0.25, 0.3) is 0 Å². The van der Waals surface area contributed by atoms with Crippen molar-refractivity contribution >= 4 is 34.4 Å². The maximum atomic E-state index is 2.08. The van der Waals surface area contributed by atoms with E-state index in [9.17, 15) is 0 Å². The third-order valence-corrected chi connectivity index (χ3v) is 0.940. The van der Waals surface area contributed by atoms with Gasteiger partial charge in [-0.25, -0.2) is 0 Å². The van der Waals surface area contributed by atoms with E-state index >= 15 is 0 Å². The quantitative estimate of drug-likeness (QED) is 0.447. The van der Waals surface area contributed by atoms with Crippen LogP contribution in [-0.2, 0) is 0 Å². The van der Waals surface area contributed by atoms with Crippen LogP contribution in [0.15, 0.2) is 30.3 Å². The monoisotopic (exact) mass is 120 g/mol. The molecule has 0 radical (unpaired) electrons. The van der Waals surface area contributed by atoms with Crippen molar-refractivity contribution in [3.63, 3.8) is 0 Å². The molecule has 0 aliphatic heterocycles. The van der Waals surface area contributed by atoms with Gasteiger partial charge in [0.1, 0.15) is 0 Å². The Labute approximate surface area is 64.9 Å². The number of hydrogen-bond acceptors (Lipinski definition) is 0. The van der Waals surface area contributed by atoms with Gasteiger partial charge in [0.2, 0.25) is 0 Å². The third kappa shape index (κ3) is 2.42. The van der Waals surface area contributed by atoms with E-state index in [1.807, 2.05) is 18.2 Å². The summed E-state index contributed by atoms with van der Waals surface area (Å²) in [6.07, 6.45) is 0. The number of rotatable bonds is 0. The van der Waals surface area contributed by atoms with E-state index < -0.39 is 0 Å². The van der Waals surface area contributed by atoms with E-state index in [1.54, 1.807) is 0 Å². The van der Waals surface area contributed by atoms with Gasteiger partial charge in [0.25, 0.3) is 0 Å². The van der Waals surface area contributed by atoms with E-state index in [0.717, 1.165) is 0 Å². The normalized spacial score (nSPS) is 7.75. The second kappa shape index (κ2) is 4.03. The molecule has 0 aliphatic rings. The molecule has 0 spiro atoms. The van der Waals surface area contributed by atoms with Crippen molar-refractivity contribution in [1.29, 1.82) is 0 Å². The molecule has 0 N–H and O–H groups in total. The van der Waals surface area contributed by atoms with Gasteiger partial charge in [-0.15, -0.1) is 12.4 Å². The second-order valence-corrected chi connectivity index (χ2v) is 1.65. The number of hydrogen-bond donors (Lipinski definition) is 0. The summed E-state index contributed by atoms with van der Waals surface area (Å²) in [5, 5.41) is 0. The molecule has 0 atom stereocenters. The average molecular weight is 121 g/mol. The van der Waals surface area contributed by atoms with Crippen molar-refractivity contribution in [2.75, 3.05) is 0 Å². The van der Waals surface area contributed by atoms with E-state index in [4.69, 9.17) is 0 Å². The molecule has 38 valence electrons. The fourth-order valence-corrected chi connectivity index (χ4v) is 0.534. The van der Waals surface area contributed by atoms with Crippen molar-refractivity contribution in [3.8, 4) is 0 Å². The van der Waals surface area contributed by atoms with Crippen LogP contribution in [0.3, 0.4) is 0 Å². The van der Waals surface area contributed by atoms with Crippen LogP contribution in [-0.4, -0.2) is 17.7 Å². The second-order valence-electron chi connectivity index (χ2n) is 1.65. The van der Waals surface area contributed by atoms with Gasteiger partial charge in [0.15, 0.2) is 0 Å². The Balaban J connectivity index is 0.000000490. The van der Waals surface area contributed by atoms with Gasteiger partial charge >= 0.3 is 52.3 Å². The topological polar surface area (TPSA) is 0 Å². The first kappa shape index (κ1) is 8.11. The molecule has 8 heavy (non-hydrogen) atoms. The standard InChI is InChI=1S/C6H5.ClH.Li/c1-2-4-6-5-3-1;;/h1-5H;1H;. The first-order valence-electron chi connectivity index (χ1n) is 2.41. The molecule has 1 rings (SSSR count). The molecular weight excluding hydrogens is 114 g/mol. The van der Waals surface area contributed by atoms with Crippen LogP contribution < -0.4 is 4.24 Å². The zero-order valence-electron chi connectivity index (χ0n) is 4.79. The van der Waals surface area contributed by atoms with Crippen LogP contribution in [0.1, 0.15) is 0 Å². The molecule has 0 unspecified atom stereocenters. The molecule has 0 bridgehead atoms. The zero-order valence-corrected chi connectivity index (χ0v) is 5.61. The first-order chi connectivity index (χ1) is 3.39. The van der Waals surface area contributed by atoms with Gasteiger partial charge < -0.3 is 0 Å².